The lowest BCUT2D eigenvalue weighted by Gasteiger charge is -2.47. The number of hydrogen-bond acceptors (Lipinski definition) is 4. The van der Waals surface area contributed by atoms with E-state index in [1.165, 1.54) is 12.1 Å². The molecule has 0 unspecified atom stereocenters. The van der Waals surface area contributed by atoms with Gasteiger partial charge >= 0.3 is 0 Å². The first kappa shape index (κ1) is 15.4. The van der Waals surface area contributed by atoms with Gasteiger partial charge in [0.2, 0.25) is 0 Å². The first-order valence-corrected chi connectivity index (χ1v) is 9.03. The Morgan fingerprint density at radius 3 is 2.55 bits per heavy atom. The number of halogens is 1. The molecule has 2 aliphatic heterocycles. The quantitative estimate of drug-likeness (QED) is 0.453. The van der Waals surface area contributed by atoms with E-state index in [0.29, 0.717) is 12.7 Å². The first-order valence-electron chi connectivity index (χ1n) is 6.80. The summed E-state index contributed by atoms with van der Waals surface area (Å²) in [5, 5.41) is 0. The third-order valence-electron chi connectivity index (χ3n) is 4.17. The van der Waals surface area contributed by atoms with Gasteiger partial charge in [-0.15, -0.1) is 0 Å². The van der Waals surface area contributed by atoms with Crippen LogP contribution in [0.1, 0.15) is 12.0 Å². The van der Waals surface area contributed by atoms with Crippen molar-refractivity contribution < 1.29 is 18.0 Å². The summed E-state index contributed by atoms with van der Waals surface area (Å²) in [7, 11) is -3.94. The van der Waals surface area contributed by atoms with Crippen molar-refractivity contribution in [1.29, 1.82) is 0 Å². The van der Waals surface area contributed by atoms with Gasteiger partial charge in [-0.2, -0.15) is 0 Å². The maximum Gasteiger partial charge on any atom is 0.267 e. The number of carbonyl (C=O) groups excluding carboxylic acids is 2. The van der Waals surface area contributed by atoms with Crippen LogP contribution in [-0.4, -0.2) is 35.3 Å². The molecule has 22 heavy (non-hydrogen) atoms. The fourth-order valence-corrected chi connectivity index (χ4v) is 5.22. The second-order valence-corrected chi connectivity index (χ2v) is 8.72. The number of nitrogens with zero attached hydrogens (tertiary/aromatic N) is 1. The molecule has 0 radical (unpaired) electrons. The van der Waals surface area contributed by atoms with Crippen LogP contribution in [0, 0.1) is 12.8 Å². The summed E-state index contributed by atoms with van der Waals surface area (Å²) in [5.74, 6) is -1.16. The Morgan fingerprint density at radius 1 is 1.32 bits per heavy atom. The summed E-state index contributed by atoms with van der Waals surface area (Å²) in [6, 6.07) is 5.74. The van der Waals surface area contributed by atoms with Crippen LogP contribution in [0.5, 0.6) is 0 Å². The summed E-state index contributed by atoms with van der Waals surface area (Å²) >= 11 is 3.27. The predicted octanol–water partition coefficient (Wildman–Crippen LogP) is 1.80. The van der Waals surface area contributed by atoms with Crippen molar-refractivity contribution in [3.63, 3.8) is 0 Å². The zero-order chi connectivity index (χ0) is 16.1. The van der Waals surface area contributed by atoms with Crippen molar-refractivity contribution in [2.45, 2.75) is 28.6 Å². The lowest BCUT2D eigenvalue weighted by atomic mass is 9.78. The number of aryl methyl sites for hydroxylation is 1. The van der Waals surface area contributed by atoms with Gasteiger partial charge in [0.05, 0.1) is 10.9 Å². The van der Waals surface area contributed by atoms with Crippen molar-refractivity contribution in [3.8, 4) is 0 Å². The van der Waals surface area contributed by atoms with Crippen molar-refractivity contribution in [3.05, 3.63) is 42.0 Å². The summed E-state index contributed by atoms with van der Waals surface area (Å²) in [5.41, 5.74) is 0.934. The highest BCUT2D eigenvalue weighted by atomic mass is 79.9. The molecule has 0 spiro atoms. The molecule has 3 aliphatic rings. The van der Waals surface area contributed by atoms with Gasteiger partial charge in [0.25, 0.3) is 15.9 Å². The first-order chi connectivity index (χ1) is 10.3. The number of alkyl halides is 1. The fraction of sp³-hybridized carbons (Fsp3) is 0.333. The van der Waals surface area contributed by atoms with E-state index in [-0.39, 0.29) is 4.90 Å². The van der Waals surface area contributed by atoms with Gasteiger partial charge in [-0.25, -0.2) is 12.7 Å². The molecular formula is C15H14BrNO4S. The van der Waals surface area contributed by atoms with E-state index in [0.717, 1.165) is 9.87 Å². The molecule has 1 fully saturated rings. The number of aldehydes is 1. The third kappa shape index (κ3) is 2.06. The number of fused-ring (bicyclic) bond motifs is 2. The number of rotatable bonds is 3. The monoisotopic (exact) mass is 383 g/mol. The molecular weight excluding hydrogens is 370 g/mol. The molecule has 1 aromatic carbocycles. The average molecular weight is 384 g/mol. The standard InChI is InChI=1S/C15H14BrNO4S/c1-10-2-4-13(5-3-10)22(20,21)17-12-6-7-15(16,14(17)19)11(8-12)9-18/h2-7,9,11-12H,8H2,1H3/t11-,12-,15-/m1/s1. The van der Waals surface area contributed by atoms with Crippen LogP contribution < -0.4 is 0 Å². The van der Waals surface area contributed by atoms with E-state index in [2.05, 4.69) is 15.9 Å². The van der Waals surface area contributed by atoms with Gasteiger partial charge in [-0.05, 0) is 25.5 Å². The fourth-order valence-electron chi connectivity index (χ4n) is 2.87. The summed E-state index contributed by atoms with van der Waals surface area (Å²) in [4.78, 5) is 23.9. The van der Waals surface area contributed by atoms with Crippen LogP contribution in [0.3, 0.4) is 0 Å². The number of amides is 1. The van der Waals surface area contributed by atoms with E-state index >= 15 is 0 Å². The maximum atomic E-state index is 12.8. The lowest BCUT2D eigenvalue weighted by Crippen LogP contribution is -2.62. The Hall–Kier alpha value is -1.47. The molecule has 4 rings (SSSR count). The van der Waals surface area contributed by atoms with Crippen LogP contribution in [0.25, 0.3) is 0 Å². The topological polar surface area (TPSA) is 71.5 Å². The van der Waals surface area contributed by atoms with E-state index in [4.69, 9.17) is 0 Å². The molecule has 1 amide bonds. The van der Waals surface area contributed by atoms with Crippen molar-refractivity contribution >= 4 is 38.1 Å². The second-order valence-electron chi connectivity index (χ2n) is 5.59. The van der Waals surface area contributed by atoms with Crippen LogP contribution in [0.4, 0.5) is 0 Å². The molecule has 0 saturated carbocycles. The highest BCUT2D eigenvalue weighted by molar-refractivity contribution is 9.10. The minimum Gasteiger partial charge on any atom is -0.303 e. The second kappa shape index (κ2) is 5.03. The van der Waals surface area contributed by atoms with Crippen LogP contribution >= 0.6 is 15.9 Å². The highest BCUT2D eigenvalue weighted by Crippen LogP contribution is 2.45. The number of piperidine rings is 1. The molecule has 1 aliphatic carbocycles. The van der Waals surface area contributed by atoms with Crippen LogP contribution in [0.15, 0.2) is 41.3 Å². The molecule has 2 heterocycles. The van der Waals surface area contributed by atoms with E-state index < -0.39 is 32.2 Å². The SMILES string of the molecule is Cc1ccc(S(=O)(=O)N2C(=O)[C@@]3(Br)C=C[C@@H]2C[C@@H]3C=O)cc1. The van der Waals surface area contributed by atoms with E-state index in [1.807, 2.05) is 6.92 Å². The minimum atomic E-state index is -3.94. The predicted molar refractivity (Wildman–Crippen MR) is 84.0 cm³/mol. The average Bonchev–Trinajstić information content (AvgIpc) is 2.48. The molecule has 1 aromatic rings. The van der Waals surface area contributed by atoms with Crippen molar-refractivity contribution in [1.82, 2.24) is 4.31 Å². The smallest absolute Gasteiger partial charge is 0.267 e. The zero-order valence-corrected chi connectivity index (χ0v) is 14.2. The summed E-state index contributed by atoms with van der Waals surface area (Å²) in [6.07, 6.45) is 4.26. The molecule has 0 aromatic heterocycles. The Bertz CT molecular complexity index is 771. The van der Waals surface area contributed by atoms with Gasteiger partial charge in [0, 0.05) is 5.92 Å². The molecule has 116 valence electrons. The highest BCUT2D eigenvalue weighted by Gasteiger charge is 2.56. The number of sulfonamides is 1. The molecule has 5 nitrogen and oxygen atoms in total. The Labute approximate surface area is 137 Å². The van der Waals surface area contributed by atoms with Gasteiger partial charge < -0.3 is 4.79 Å². The number of hydrogen-bond donors (Lipinski definition) is 0. The molecule has 1 saturated heterocycles. The zero-order valence-electron chi connectivity index (χ0n) is 11.8. The third-order valence-corrected chi connectivity index (χ3v) is 7.18. The Kier molecular flexibility index (Phi) is 3.52. The largest absolute Gasteiger partial charge is 0.303 e. The van der Waals surface area contributed by atoms with Gasteiger partial charge in [-0.1, -0.05) is 45.8 Å². The van der Waals surface area contributed by atoms with Crippen molar-refractivity contribution in [2.24, 2.45) is 5.92 Å². The van der Waals surface area contributed by atoms with Crippen molar-refractivity contribution in [2.75, 3.05) is 0 Å². The van der Waals surface area contributed by atoms with Gasteiger partial charge in [0.1, 0.15) is 10.6 Å². The summed E-state index contributed by atoms with van der Waals surface area (Å²) in [6.45, 7) is 1.86. The van der Waals surface area contributed by atoms with E-state index in [1.54, 1.807) is 24.3 Å². The van der Waals surface area contributed by atoms with E-state index in [9.17, 15) is 18.0 Å². The normalized spacial score (nSPS) is 30.6. The summed E-state index contributed by atoms with van der Waals surface area (Å²) < 4.78 is 25.2. The number of benzene rings is 1. The molecule has 2 bridgehead atoms. The number of carbonyl (C=O) groups is 2. The molecule has 3 atom stereocenters. The lowest BCUT2D eigenvalue weighted by molar-refractivity contribution is -0.136. The minimum absolute atomic E-state index is 0.0751. The Balaban J connectivity index is 2.07. The maximum absolute atomic E-state index is 12.8. The van der Waals surface area contributed by atoms with Gasteiger partial charge in [-0.3, -0.25) is 4.79 Å². The van der Waals surface area contributed by atoms with Crippen LogP contribution in [-0.2, 0) is 19.6 Å². The molecule has 7 heteroatoms. The van der Waals surface area contributed by atoms with Crippen LogP contribution in [0.2, 0.25) is 0 Å². The molecule has 0 N–H and O–H groups in total. The van der Waals surface area contributed by atoms with Gasteiger partial charge in [0.15, 0.2) is 0 Å². The Morgan fingerprint density at radius 2 is 1.95 bits per heavy atom.